The molecule has 0 aromatic carbocycles. The third kappa shape index (κ3) is 3.96. The first kappa shape index (κ1) is 14.9. The Morgan fingerprint density at radius 3 is 2.61 bits per heavy atom. The van der Waals surface area contributed by atoms with Crippen LogP contribution in [0, 0.1) is 0 Å². The summed E-state index contributed by atoms with van der Waals surface area (Å²) in [6, 6.07) is 0. The Balaban J connectivity index is 2.38. The number of anilines is 2. The molecule has 0 atom stereocenters. The van der Waals surface area contributed by atoms with Gasteiger partial charge in [0.05, 0.1) is 18.5 Å². The van der Waals surface area contributed by atoms with Crippen LogP contribution in [-0.4, -0.2) is 31.4 Å². The van der Waals surface area contributed by atoms with Crippen molar-refractivity contribution in [1.29, 1.82) is 0 Å². The number of hydrogen-bond acceptors (Lipinski definition) is 5. The maximum atomic E-state index is 6.05. The fourth-order valence-corrected chi connectivity index (χ4v) is 2.23. The van der Waals surface area contributed by atoms with Crippen molar-refractivity contribution in [2.24, 2.45) is 0 Å². The molecule has 1 aromatic rings. The zero-order chi connectivity index (χ0) is 13.8. The molecule has 0 aliphatic carbocycles. The number of nitrogen functional groups attached to an aromatic ring is 1. The minimum Gasteiger partial charge on any atom is -0.415 e. The molecule has 1 aromatic heterocycles. The lowest BCUT2D eigenvalue weighted by atomic mass is 10.2. The summed E-state index contributed by atoms with van der Waals surface area (Å²) in [5.41, 5.74) is 6.30. The first-order valence-corrected chi connectivity index (χ1v) is 9.08. The molecule has 0 aliphatic heterocycles. The quantitative estimate of drug-likeness (QED) is 0.634. The van der Waals surface area contributed by atoms with Crippen molar-refractivity contribution in [1.82, 2.24) is 9.97 Å². The fraction of sp³-hybridized carbons (Fsp3) is 0.667. The van der Waals surface area contributed by atoms with E-state index >= 15 is 0 Å². The normalized spacial score (nSPS) is 12.5. The topological polar surface area (TPSA) is 73.1 Å². The summed E-state index contributed by atoms with van der Waals surface area (Å²) < 4.78 is 6.05. The van der Waals surface area contributed by atoms with Gasteiger partial charge in [-0.2, -0.15) is 0 Å². The van der Waals surface area contributed by atoms with Crippen LogP contribution < -0.4 is 11.1 Å². The number of nitrogens with one attached hydrogen (secondary N) is 1. The Morgan fingerprint density at radius 1 is 1.39 bits per heavy atom. The van der Waals surface area contributed by atoms with Crippen molar-refractivity contribution in [3.8, 4) is 0 Å². The second-order valence-electron chi connectivity index (χ2n) is 5.86. The zero-order valence-electron chi connectivity index (χ0n) is 11.9. The molecule has 102 valence electrons. The highest BCUT2D eigenvalue weighted by molar-refractivity contribution is 6.74. The van der Waals surface area contributed by atoms with Crippen LogP contribution in [0.5, 0.6) is 0 Å². The van der Waals surface area contributed by atoms with E-state index in [0.29, 0.717) is 24.7 Å². The minimum atomic E-state index is -1.66. The molecule has 0 amide bonds. The molecule has 0 spiro atoms. The van der Waals surface area contributed by atoms with Crippen LogP contribution in [0.3, 0.4) is 0 Å². The highest BCUT2D eigenvalue weighted by atomic mass is 28.4. The summed E-state index contributed by atoms with van der Waals surface area (Å²) in [4.78, 5) is 7.91. The third-order valence-corrected chi connectivity index (χ3v) is 7.94. The van der Waals surface area contributed by atoms with Crippen LogP contribution in [0.15, 0.2) is 12.5 Å². The standard InChI is InChI=1S/C12H24N4OSi/c1-12(2,3)18(4,5)17-7-6-15-11-10(13)8-14-9-16-11/h8-9H,6-7,13H2,1-5H3,(H,14,15,16). The fourth-order valence-electron chi connectivity index (χ4n) is 1.18. The lowest BCUT2D eigenvalue weighted by molar-refractivity contribution is 0.301. The number of aromatic nitrogens is 2. The van der Waals surface area contributed by atoms with Gasteiger partial charge in [-0.1, -0.05) is 20.8 Å². The van der Waals surface area contributed by atoms with E-state index < -0.39 is 8.32 Å². The van der Waals surface area contributed by atoms with Gasteiger partial charge >= 0.3 is 0 Å². The van der Waals surface area contributed by atoms with Crippen LogP contribution in [0.4, 0.5) is 11.5 Å². The van der Waals surface area contributed by atoms with Gasteiger partial charge in [-0.3, -0.25) is 0 Å². The molecule has 0 saturated carbocycles. The maximum absolute atomic E-state index is 6.05. The molecule has 0 radical (unpaired) electrons. The van der Waals surface area contributed by atoms with Crippen LogP contribution in [0.1, 0.15) is 20.8 Å². The van der Waals surface area contributed by atoms with Gasteiger partial charge in [-0.25, -0.2) is 9.97 Å². The molecule has 1 heterocycles. The second-order valence-corrected chi connectivity index (χ2v) is 10.7. The Morgan fingerprint density at radius 2 is 2.06 bits per heavy atom. The molecule has 3 N–H and O–H groups in total. The summed E-state index contributed by atoms with van der Waals surface area (Å²) in [7, 11) is -1.66. The van der Waals surface area contributed by atoms with E-state index in [9.17, 15) is 0 Å². The molecule has 0 saturated heterocycles. The van der Waals surface area contributed by atoms with Crippen molar-refractivity contribution >= 4 is 19.8 Å². The van der Waals surface area contributed by atoms with E-state index in [1.807, 2.05) is 0 Å². The van der Waals surface area contributed by atoms with Crippen LogP contribution in [0.25, 0.3) is 0 Å². The average molecular weight is 268 g/mol. The maximum Gasteiger partial charge on any atom is 0.192 e. The van der Waals surface area contributed by atoms with Crippen LogP contribution in [0.2, 0.25) is 18.1 Å². The van der Waals surface area contributed by atoms with Gasteiger partial charge in [-0.15, -0.1) is 0 Å². The van der Waals surface area contributed by atoms with E-state index in [-0.39, 0.29) is 5.04 Å². The molecule has 0 aliphatic rings. The highest BCUT2D eigenvalue weighted by Crippen LogP contribution is 2.36. The minimum absolute atomic E-state index is 0.237. The molecule has 6 heteroatoms. The van der Waals surface area contributed by atoms with E-state index in [1.54, 1.807) is 6.20 Å². The second kappa shape index (κ2) is 5.66. The summed E-state index contributed by atoms with van der Waals surface area (Å²) in [6.45, 7) is 12.5. The van der Waals surface area contributed by atoms with Crippen molar-refractivity contribution < 1.29 is 4.43 Å². The predicted octanol–water partition coefficient (Wildman–Crippen LogP) is 2.49. The van der Waals surface area contributed by atoms with Crippen molar-refractivity contribution in [2.75, 3.05) is 24.2 Å². The summed E-state index contributed by atoms with van der Waals surface area (Å²) in [6.07, 6.45) is 3.07. The van der Waals surface area contributed by atoms with Crippen molar-refractivity contribution in [2.45, 2.75) is 38.9 Å². The zero-order valence-corrected chi connectivity index (χ0v) is 12.9. The van der Waals surface area contributed by atoms with Gasteiger partial charge in [0.15, 0.2) is 14.1 Å². The van der Waals surface area contributed by atoms with Gasteiger partial charge in [0, 0.05) is 6.54 Å². The Hall–Kier alpha value is -1.14. The van der Waals surface area contributed by atoms with E-state index in [2.05, 4.69) is 49.1 Å². The molecule has 0 bridgehead atoms. The van der Waals surface area contributed by atoms with Gasteiger partial charge in [0.1, 0.15) is 6.33 Å². The number of nitrogens with zero attached hydrogens (tertiary/aromatic N) is 2. The Kier molecular flexibility index (Phi) is 4.69. The molecular formula is C12H24N4OSi. The highest BCUT2D eigenvalue weighted by Gasteiger charge is 2.36. The smallest absolute Gasteiger partial charge is 0.192 e. The van der Waals surface area contributed by atoms with Gasteiger partial charge in [0.25, 0.3) is 0 Å². The first-order chi connectivity index (χ1) is 8.24. The molecular weight excluding hydrogens is 244 g/mol. The van der Waals surface area contributed by atoms with E-state index in [1.165, 1.54) is 6.33 Å². The van der Waals surface area contributed by atoms with Gasteiger partial charge in [0.2, 0.25) is 0 Å². The Bertz CT molecular complexity index is 390. The molecule has 18 heavy (non-hydrogen) atoms. The van der Waals surface area contributed by atoms with Crippen molar-refractivity contribution in [3.63, 3.8) is 0 Å². The van der Waals surface area contributed by atoms with E-state index in [0.717, 1.165) is 0 Å². The summed E-state index contributed by atoms with van der Waals surface area (Å²) >= 11 is 0. The van der Waals surface area contributed by atoms with Gasteiger partial charge < -0.3 is 15.5 Å². The average Bonchev–Trinajstić information content (AvgIpc) is 2.25. The van der Waals surface area contributed by atoms with Crippen LogP contribution in [-0.2, 0) is 4.43 Å². The third-order valence-electron chi connectivity index (χ3n) is 3.40. The van der Waals surface area contributed by atoms with Crippen molar-refractivity contribution in [3.05, 3.63) is 12.5 Å². The number of rotatable bonds is 5. The molecule has 0 fully saturated rings. The first-order valence-electron chi connectivity index (χ1n) is 6.17. The Labute approximate surface area is 110 Å². The van der Waals surface area contributed by atoms with Crippen LogP contribution >= 0.6 is 0 Å². The summed E-state index contributed by atoms with van der Waals surface area (Å²) in [5, 5.41) is 3.40. The largest absolute Gasteiger partial charge is 0.415 e. The molecule has 5 nitrogen and oxygen atoms in total. The van der Waals surface area contributed by atoms with Gasteiger partial charge in [-0.05, 0) is 18.1 Å². The molecule has 1 rings (SSSR count). The lowest BCUT2D eigenvalue weighted by Crippen LogP contribution is -2.41. The van der Waals surface area contributed by atoms with E-state index in [4.69, 9.17) is 10.2 Å². The predicted molar refractivity (Wildman–Crippen MR) is 78.1 cm³/mol. The summed E-state index contributed by atoms with van der Waals surface area (Å²) in [5.74, 6) is 0.670. The SMILES string of the molecule is CC(C)(C)[Si](C)(C)OCCNc1ncncc1N. The lowest BCUT2D eigenvalue weighted by Gasteiger charge is -2.36. The molecule has 0 unspecified atom stereocenters. The number of hydrogen-bond donors (Lipinski definition) is 2. The monoisotopic (exact) mass is 268 g/mol. The number of nitrogens with two attached hydrogens (primary N) is 1.